The molecule has 86 valence electrons. The van der Waals surface area contributed by atoms with Crippen molar-refractivity contribution < 1.29 is 12.8 Å². The highest BCUT2D eigenvalue weighted by molar-refractivity contribution is 7.89. The lowest BCUT2D eigenvalue weighted by Crippen LogP contribution is -2.25. The Morgan fingerprint density at radius 1 is 1.53 bits per heavy atom. The minimum Gasteiger partial charge on any atom is -0.447 e. The molecule has 0 aromatic carbocycles. The van der Waals surface area contributed by atoms with E-state index in [1.54, 1.807) is 6.92 Å². The predicted octanol–water partition coefficient (Wildman–Crippen LogP) is 1.20. The molecule has 0 saturated carbocycles. The SMILES string of the molecule is CCCCS(=O)(=O)NCc1ocnc1C. The summed E-state index contributed by atoms with van der Waals surface area (Å²) in [6.45, 7) is 3.91. The minimum absolute atomic E-state index is 0.163. The molecule has 0 amide bonds. The summed E-state index contributed by atoms with van der Waals surface area (Å²) in [5.41, 5.74) is 0.716. The highest BCUT2D eigenvalue weighted by atomic mass is 32.2. The van der Waals surface area contributed by atoms with Crippen LogP contribution in [0.2, 0.25) is 0 Å². The van der Waals surface area contributed by atoms with Gasteiger partial charge in [0, 0.05) is 0 Å². The number of aryl methyl sites for hydroxylation is 1. The number of nitrogens with one attached hydrogen (secondary N) is 1. The third-order valence-corrected chi connectivity index (χ3v) is 3.47. The molecule has 1 aromatic rings. The van der Waals surface area contributed by atoms with E-state index in [1.165, 1.54) is 6.39 Å². The summed E-state index contributed by atoms with van der Waals surface area (Å²) in [7, 11) is -3.17. The number of nitrogens with zero attached hydrogens (tertiary/aromatic N) is 1. The van der Waals surface area contributed by atoms with Gasteiger partial charge in [-0.15, -0.1) is 0 Å². The Morgan fingerprint density at radius 3 is 2.80 bits per heavy atom. The Kier molecular flexibility index (Phi) is 4.28. The van der Waals surface area contributed by atoms with Crippen LogP contribution in [-0.2, 0) is 16.6 Å². The van der Waals surface area contributed by atoms with E-state index in [1.807, 2.05) is 6.92 Å². The summed E-state index contributed by atoms with van der Waals surface area (Å²) < 4.78 is 30.3. The number of hydrogen-bond donors (Lipinski definition) is 1. The van der Waals surface area contributed by atoms with Crippen molar-refractivity contribution in [1.29, 1.82) is 0 Å². The Morgan fingerprint density at radius 2 is 2.27 bits per heavy atom. The second kappa shape index (κ2) is 5.27. The first-order chi connectivity index (χ1) is 7.05. The summed E-state index contributed by atoms with van der Waals surface area (Å²) >= 11 is 0. The largest absolute Gasteiger partial charge is 0.447 e. The van der Waals surface area contributed by atoms with Gasteiger partial charge in [0.25, 0.3) is 0 Å². The topological polar surface area (TPSA) is 72.2 Å². The van der Waals surface area contributed by atoms with Gasteiger partial charge in [0.2, 0.25) is 10.0 Å². The summed E-state index contributed by atoms with van der Waals surface area (Å²) in [5.74, 6) is 0.728. The van der Waals surface area contributed by atoms with Gasteiger partial charge in [-0.3, -0.25) is 0 Å². The van der Waals surface area contributed by atoms with Crippen LogP contribution in [0.1, 0.15) is 31.2 Å². The van der Waals surface area contributed by atoms with Crippen molar-refractivity contribution in [3.05, 3.63) is 17.8 Å². The molecule has 1 aromatic heterocycles. The van der Waals surface area contributed by atoms with Crippen LogP contribution >= 0.6 is 0 Å². The normalized spacial score (nSPS) is 11.9. The van der Waals surface area contributed by atoms with E-state index in [0.717, 1.165) is 6.42 Å². The molecule has 6 heteroatoms. The molecule has 0 radical (unpaired) electrons. The monoisotopic (exact) mass is 232 g/mol. The molecule has 0 aliphatic rings. The molecule has 0 aliphatic heterocycles. The molecule has 0 saturated heterocycles. The molecule has 1 N–H and O–H groups in total. The van der Waals surface area contributed by atoms with Crippen LogP contribution in [0.5, 0.6) is 0 Å². The van der Waals surface area contributed by atoms with Crippen molar-refractivity contribution >= 4 is 10.0 Å². The van der Waals surface area contributed by atoms with Crippen LogP contribution in [0.4, 0.5) is 0 Å². The van der Waals surface area contributed by atoms with Gasteiger partial charge in [-0.2, -0.15) is 0 Å². The molecule has 15 heavy (non-hydrogen) atoms. The molecule has 1 rings (SSSR count). The highest BCUT2D eigenvalue weighted by Crippen LogP contribution is 2.05. The molecule has 0 spiro atoms. The van der Waals surface area contributed by atoms with E-state index in [-0.39, 0.29) is 12.3 Å². The molecule has 0 fully saturated rings. The van der Waals surface area contributed by atoms with Crippen molar-refractivity contribution in [2.45, 2.75) is 33.2 Å². The van der Waals surface area contributed by atoms with Gasteiger partial charge in [-0.05, 0) is 13.3 Å². The van der Waals surface area contributed by atoms with Gasteiger partial charge in [-0.25, -0.2) is 18.1 Å². The molecule has 1 heterocycles. The Labute approximate surface area is 89.9 Å². The second-order valence-corrected chi connectivity index (χ2v) is 5.28. The average molecular weight is 232 g/mol. The third-order valence-electron chi connectivity index (χ3n) is 2.06. The maximum Gasteiger partial charge on any atom is 0.212 e. The quantitative estimate of drug-likeness (QED) is 0.800. The molecule has 0 bridgehead atoms. The fourth-order valence-electron chi connectivity index (χ4n) is 1.08. The summed E-state index contributed by atoms with van der Waals surface area (Å²) in [6.07, 6.45) is 2.85. The lowest BCUT2D eigenvalue weighted by Gasteiger charge is -2.04. The lowest BCUT2D eigenvalue weighted by molar-refractivity contribution is 0.492. The van der Waals surface area contributed by atoms with E-state index >= 15 is 0 Å². The van der Waals surface area contributed by atoms with Crippen LogP contribution < -0.4 is 4.72 Å². The zero-order chi connectivity index (χ0) is 11.3. The van der Waals surface area contributed by atoms with Crippen molar-refractivity contribution in [2.24, 2.45) is 0 Å². The maximum atomic E-state index is 11.4. The molecule has 0 atom stereocenters. The molecule has 5 nitrogen and oxygen atoms in total. The predicted molar refractivity (Wildman–Crippen MR) is 56.8 cm³/mol. The first-order valence-corrected chi connectivity index (χ1v) is 6.56. The first kappa shape index (κ1) is 12.2. The molecular formula is C9H16N2O3S. The zero-order valence-corrected chi connectivity index (χ0v) is 9.80. The summed E-state index contributed by atoms with van der Waals surface area (Å²) in [5, 5.41) is 0. The number of unbranched alkanes of at least 4 members (excludes halogenated alkanes) is 1. The van der Waals surface area contributed by atoms with E-state index in [9.17, 15) is 8.42 Å². The second-order valence-electron chi connectivity index (χ2n) is 3.35. The fraction of sp³-hybridized carbons (Fsp3) is 0.667. The molecular weight excluding hydrogens is 216 g/mol. The highest BCUT2D eigenvalue weighted by Gasteiger charge is 2.11. The van der Waals surface area contributed by atoms with Crippen LogP contribution in [0.15, 0.2) is 10.8 Å². The fourth-order valence-corrected chi connectivity index (χ4v) is 2.24. The number of oxazole rings is 1. The average Bonchev–Trinajstić information content (AvgIpc) is 2.58. The summed E-state index contributed by atoms with van der Waals surface area (Å²) in [6, 6.07) is 0. The van der Waals surface area contributed by atoms with Crippen LogP contribution in [0.25, 0.3) is 0 Å². The van der Waals surface area contributed by atoms with Gasteiger partial charge in [0.1, 0.15) is 5.76 Å². The van der Waals surface area contributed by atoms with Gasteiger partial charge in [0.05, 0.1) is 18.0 Å². The van der Waals surface area contributed by atoms with E-state index in [0.29, 0.717) is 17.9 Å². The Hall–Kier alpha value is -0.880. The number of sulfonamides is 1. The molecule has 0 unspecified atom stereocenters. The summed E-state index contributed by atoms with van der Waals surface area (Å²) in [4.78, 5) is 3.88. The Balaban J connectivity index is 2.46. The van der Waals surface area contributed by atoms with Crippen molar-refractivity contribution in [3.63, 3.8) is 0 Å². The lowest BCUT2D eigenvalue weighted by atomic mass is 10.4. The third kappa shape index (κ3) is 4.01. The first-order valence-electron chi connectivity index (χ1n) is 4.91. The van der Waals surface area contributed by atoms with E-state index < -0.39 is 10.0 Å². The van der Waals surface area contributed by atoms with Gasteiger partial charge in [-0.1, -0.05) is 13.3 Å². The Bertz CT molecular complexity index is 397. The standard InChI is InChI=1S/C9H16N2O3S/c1-3-4-5-15(12,13)11-6-9-8(2)10-7-14-9/h7,11H,3-6H2,1-2H3. The van der Waals surface area contributed by atoms with Crippen molar-refractivity contribution in [1.82, 2.24) is 9.71 Å². The van der Waals surface area contributed by atoms with E-state index in [2.05, 4.69) is 9.71 Å². The number of aromatic nitrogens is 1. The van der Waals surface area contributed by atoms with Crippen molar-refractivity contribution in [3.8, 4) is 0 Å². The van der Waals surface area contributed by atoms with Crippen LogP contribution in [-0.4, -0.2) is 19.2 Å². The zero-order valence-electron chi connectivity index (χ0n) is 8.99. The minimum atomic E-state index is -3.17. The van der Waals surface area contributed by atoms with Crippen LogP contribution in [0.3, 0.4) is 0 Å². The maximum absolute atomic E-state index is 11.4. The van der Waals surface area contributed by atoms with Gasteiger partial charge < -0.3 is 4.42 Å². The number of rotatable bonds is 6. The molecule has 0 aliphatic carbocycles. The number of hydrogen-bond acceptors (Lipinski definition) is 4. The van der Waals surface area contributed by atoms with Gasteiger partial charge in [0.15, 0.2) is 6.39 Å². The van der Waals surface area contributed by atoms with E-state index in [4.69, 9.17) is 4.42 Å². The van der Waals surface area contributed by atoms with Crippen molar-refractivity contribution in [2.75, 3.05) is 5.75 Å². The van der Waals surface area contributed by atoms with Gasteiger partial charge >= 0.3 is 0 Å². The van der Waals surface area contributed by atoms with Crippen LogP contribution in [0, 0.1) is 6.92 Å². The smallest absolute Gasteiger partial charge is 0.212 e.